The highest BCUT2D eigenvalue weighted by atomic mass is 127. The smallest absolute Gasteiger partial charge is 0.222 e. The highest BCUT2D eigenvalue weighted by Gasteiger charge is 2.38. The Balaban J connectivity index is 0.00000300. The van der Waals surface area contributed by atoms with E-state index in [4.69, 9.17) is 4.74 Å². The van der Waals surface area contributed by atoms with E-state index < -0.39 is 0 Å². The Morgan fingerprint density at radius 3 is 2.69 bits per heavy atom. The number of ether oxygens (including phenoxy) is 1. The third kappa shape index (κ3) is 5.55. The number of nitrogens with zero attached hydrogens (tertiary/aromatic N) is 2. The summed E-state index contributed by atoms with van der Waals surface area (Å²) < 4.78 is 5.66. The number of methoxy groups -OCH3 is 1. The van der Waals surface area contributed by atoms with Crippen LogP contribution in [0.1, 0.15) is 51.0 Å². The largest absolute Gasteiger partial charge is 0.496 e. The summed E-state index contributed by atoms with van der Waals surface area (Å²) in [7, 11) is 3.56. The van der Waals surface area contributed by atoms with Crippen LogP contribution in [0.25, 0.3) is 0 Å². The van der Waals surface area contributed by atoms with Crippen molar-refractivity contribution in [3.05, 3.63) is 29.8 Å². The lowest BCUT2D eigenvalue weighted by atomic mass is 9.78. The first-order valence-electron chi connectivity index (χ1n) is 10.5. The lowest BCUT2D eigenvalue weighted by Gasteiger charge is -2.32. The fraction of sp³-hybridized carbons (Fsp3) is 0.636. The van der Waals surface area contributed by atoms with Crippen molar-refractivity contribution in [1.82, 2.24) is 15.5 Å². The average Bonchev–Trinajstić information content (AvgIpc) is 3.41. The maximum atomic E-state index is 11.9. The molecule has 0 bridgehead atoms. The van der Waals surface area contributed by atoms with Crippen LogP contribution in [-0.2, 0) is 10.2 Å². The molecular formula is C22H35IN4O2. The fourth-order valence-electron chi connectivity index (χ4n) is 4.65. The molecule has 0 radical (unpaired) electrons. The van der Waals surface area contributed by atoms with Crippen molar-refractivity contribution in [1.29, 1.82) is 0 Å². The van der Waals surface area contributed by atoms with Gasteiger partial charge in [-0.1, -0.05) is 38.0 Å². The Morgan fingerprint density at radius 2 is 2.03 bits per heavy atom. The molecule has 29 heavy (non-hydrogen) atoms. The summed E-state index contributed by atoms with van der Waals surface area (Å²) in [5.74, 6) is 2.02. The molecule has 2 aliphatic rings. The summed E-state index contributed by atoms with van der Waals surface area (Å²) in [6.45, 7) is 4.33. The minimum atomic E-state index is 0. The third-order valence-electron chi connectivity index (χ3n) is 6.24. The minimum Gasteiger partial charge on any atom is -0.496 e. The van der Waals surface area contributed by atoms with E-state index in [-0.39, 0.29) is 41.3 Å². The van der Waals surface area contributed by atoms with Crippen molar-refractivity contribution in [2.24, 2.45) is 4.99 Å². The van der Waals surface area contributed by atoms with Gasteiger partial charge in [-0.2, -0.15) is 0 Å². The van der Waals surface area contributed by atoms with Crippen LogP contribution < -0.4 is 15.4 Å². The zero-order valence-corrected chi connectivity index (χ0v) is 20.2. The zero-order valence-electron chi connectivity index (χ0n) is 17.9. The number of halogens is 1. The van der Waals surface area contributed by atoms with Gasteiger partial charge < -0.3 is 20.3 Å². The maximum Gasteiger partial charge on any atom is 0.222 e. The number of nitrogens with one attached hydrogen (secondary N) is 2. The first kappa shape index (κ1) is 23.8. The van der Waals surface area contributed by atoms with Crippen molar-refractivity contribution in [2.75, 3.05) is 33.8 Å². The standard InChI is InChI=1S/C22H34N4O2.HI/c1-4-20(27)26-14-11-17(15-26)25-21(23-2)24-16-22(12-7-8-13-22)18-9-5-6-10-19(18)28-3;/h5-6,9-10,17H,4,7-8,11-16H2,1-3H3,(H2,23,24,25);1H. The van der Waals surface area contributed by atoms with Crippen LogP contribution in [0.3, 0.4) is 0 Å². The van der Waals surface area contributed by atoms with Gasteiger partial charge in [-0.25, -0.2) is 0 Å². The summed E-state index contributed by atoms with van der Waals surface area (Å²) >= 11 is 0. The van der Waals surface area contributed by atoms with Gasteiger partial charge in [0.1, 0.15) is 5.75 Å². The first-order valence-corrected chi connectivity index (χ1v) is 10.5. The predicted octanol–water partition coefficient (Wildman–Crippen LogP) is 3.30. The molecule has 1 amide bonds. The Labute approximate surface area is 191 Å². The molecule has 3 rings (SSSR count). The van der Waals surface area contributed by atoms with Crippen molar-refractivity contribution in [3.8, 4) is 5.75 Å². The third-order valence-corrected chi connectivity index (χ3v) is 6.24. The van der Waals surface area contributed by atoms with E-state index in [2.05, 4.69) is 33.8 Å². The lowest BCUT2D eigenvalue weighted by Crippen LogP contribution is -2.48. The van der Waals surface area contributed by atoms with Gasteiger partial charge >= 0.3 is 0 Å². The summed E-state index contributed by atoms with van der Waals surface area (Å²) in [6.07, 6.45) is 6.31. The first-order chi connectivity index (χ1) is 13.6. The number of aliphatic imine (C=N–C) groups is 1. The van der Waals surface area contributed by atoms with Gasteiger partial charge in [0.2, 0.25) is 5.91 Å². The van der Waals surface area contributed by atoms with Crippen molar-refractivity contribution in [2.45, 2.75) is 56.9 Å². The zero-order chi connectivity index (χ0) is 20.0. The van der Waals surface area contributed by atoms with Crippen molar-refractivity contribution >= 4 is 35.8 Å². The molecule has 0 spiro atoms. The molecule has 1 saturated heterocycles. The van der Waals surface area contributed by atoms with Crippen molar-refractivity contribution in [3.63, 3.8) is 0 Å². The number of hydrogen-bond donors (Lipinski definition) is 2. The Bertz CT molecular complexity index is 704. The minimum absolute atomic E-state index is 0. The second-order valence-electron chi connectivity index (χ2n) is 7.94. The molecule has 1 atom stereocenters. The molecule has 6 nitrogen and oxygen atoms in total. The normalized spacial score (nSPS) is 20.9. The molecule has 1 aliphatic carbocycles. The molecule has 1 heterocycles. The molecule has 1 aromatic rings. The number of likely N-dealkylation sites (tertiary alicyclic amines) is 1. The second-order valence-corrected chi connectivity index (χ2v) is 7.94. The van der Waals surface area contributed by atoms with Crippen LogP contribution in [0.2, 0.25) is 0 Å². The van der Waals surface area contributed by atoms with Crippen LogP contribution in [-0.4, -0.2) is 56.6 Å². The highest BCUT2D eigenvalue weighted by Crippen LogP contribution is 2.44. The summed E-state index contributed by atoms with van der Waals surface area (Å²) in [4.78, 5) is 18.3. The molecule has 1 unspecified atom stereocenters. The highest BCUT2D eigenvalue weighted by molar-refractivity contribution is 14.0. The van der Waals surface area contributed by atoms with Gasteiger partial charge in [0.25, 0.3) is 0 Å². The van der Waals surface area contributed by atoms with Gasteiger partial charge in [-0.3, -0.25) is 9.79 Å². The van der Waals surface area contributed by atoms with Gasteiger partial charge in [-0.05, 0) is 25.3 Å². The molecule has 1 aromatic carbocycles. The Hall–Kier alpha value is -1.51. The number of rotatable bonds is 6. The number of carbonyl (C=O) groups excluding carboxylic acids is 1. The predicted molar refractivity (Wildman–Crippen MR) is 128 cm³/mol. The summed E-state index contributed by atoms with van der Waals surface area (Å²) in [6, 6.07) is 8.64. The molecule has 0 aromatic heterocycles. The van der Waals surface area contributed by atoms with Crippen LogP contribution >= 0.6 is 24.0 Å². The molecule has 1 aliphatic heterocycles. The molecule has 162 valence electrons. The van der Waals surface area contributed by atoms with E-state index in [9.17, 15) is 4.79 Å². The SMILES string of the molecule is CCC(=O)N1CCC(NC(=NC)NCC2(c3ccccc3OC)CCCC2)C1.I. The van der Waals surface area contributed by atoms with E-state index in [0.717, 1.165) is 50.6 Å². The number of benzene rings is 1. The number of amides is 1. The fourth-order valence-corrected chi connectivity index (χ4v) is 4.65. The molecule has 2 fully saturated rings. The topological polar surface area (TPSA) is 66.0 Å². The summed E-state index contributed by atoms with van der Waals surface area (Å²) in [5.41, 5.74) is 1.36. The lowest BCUT2D eigenvalue weighted by molar-refractivity contribution is -0.129. The van der Waals surface area contributed by atoms with Crippen LogP contribution in [0.4, 0.5) is 0 Å². The number of carbonyl (C=O) groups is 1. The number of hydrogen-bond acceptors (Lipinski definition) is 3. The van der Waals surface area contributed by atoms with E-state index in [0.29, 0.717) is 6.42 Å². The Morgan fingerprint density at radius 1 is 1.31 bits per heavy atom. The van der Waals surface area contributed by atoms with Gasteiger partial charge in [0.15, 0.2) is 5.96 Å². The number of guanidine groups is 1. The average molecular weight is 514 g/mol. The Kier molecular flexibility index (Phi) is 9.04. The molecule has 1 saturated carbocycles. The molecule has 7 heteroatoms. The van der Waals surface area contributed by atoms with Crippen LogP contribution in [0.5, 0.6) is 5.75 Å². The van der Waals surface area contributed by atoms with Gasteiger partial charge in [0.05, 0.1) is 7.11 Å². The number of para-hydroxylation sites is 1. The molecular weight excluding hydrogens is 479 g/mol. The monoisotopic (exact) mass is 514 g/mol. The quantitative estimate of drug-likeness (QED) is 0.348. The van der Waals surface area contributed by atoms with E-state index in [1.54, 1.807) is 7.11 Å². The van der Waals surface area contributed by atoms with Gasteiger partial charge in [0, 0.05) is 50.1 Å². The van der Waals surface area contributed by atoms with Crippen LogP contribution in [0.15, 0.2) is 29.3 Å². The second kappa shape index (κ2) is 11.0. The van der Waals surface area contributed by atoms with E-state index in [1.165, 1.54) is 18.4 Å². The van der Waals surface area contributed by atoms with Gasteiger partial charge in [-0.15, -0.1) is 24.0 Å². The molecule has 2 N–H and O–H groups in total. The van der Waals surface area contributed by atoms with Crippen LogP contribution in [0, 0.1) is 0 Å². The van der Waals surface area contributed by atoms with E-state index in [1.807, 2.05) is 24.9 Å². The maximum absolute atomic E-state index is 11.9. The van der Waals surface area contributed by atoms with E-state index >= 15 is 0 Å². The summed E-state index contributed by atoms with van der Waals surface area (Å²) in [5, 5.41) is 7.08. The van der Waals surface area contributed by atoms with Crippen molar-refractivity contribution < 1.29 is 9.53 Å².